The summed E-state index contributed by atoms with van der Waals surface area (Å²) in [6.07, 6.45) is 2.64. The van der Waals surface area contributed by atoms with E-state index in [-0.39, 0.29) is 21.7 Å². The van der Waals surface area contributed by atoms with Crippen LogP contribution >= 0.6 is 0 Å². The summed E-state index contributed by atoms with van der Waals surface area (Å²) >= 11 is 0. The van der Waals surface area contributed by atoms with Gasteiger partial charge in [-0.1, -0.05) is 30.7 Å². The molecule has 2 N–H and O–H groups in total. The number of hydrogen-bond acceptors (Lipinski definition) is 7. The van der Waals surface area contributed by atoms with Gasteiger partial charge in [-0.2, -0.15) is 9.40 Å². The van der Waals surface area contributed by atoms with Crippen LogP contribution in [-0.2, 0) is 19.6 Å². The van der Waals surface area contributed by atoms with E-state index in [0.717, 1.165) is 19.3 Å². The van der Waals surface area contributed by atoms with Crippen molar-refractivity contribution in [2.75, 3.05) is 25.0 Å². The second kappa shape index (κ2) is 9.74. The first-order valence-corrected chi connectivity index (χ1v) is 12.3. The molecule has 1 aliphatic heterocycles. The number of rotatable bonds is 6. The Bertz CT molecular complexity index is 1410. The second-order valence-electron chi connectivity index (χ2n) is 8.02. The van der Waals surface area contributed by atoms with Crippen molar-refractivity contribution in [3.63, 3.8) is 0 Å². The summed E-state index contributed by atoms with van der Waals surface area (Å²) in [5.74, 6) is -1.52. The lowest BCUT2D eigenvalue weighted by atomic mass is 10.1. The molecule has 0 bridgehead atoms. The van der Waals surface area contributed by atoms with E-state index in [9.17, 15) is 22.8 Å². The number of esters is 1. The van der Waals surface area contributed by atoms with Gasteiger partial charge in [-0.25, -0.2) is 18.3 Å². The van der Waals surface area contributed by atoms with Gasteiger partial charge >= 0.3 is 5.97 Å². The van der Waals surface area contributed by atoms with E-state index >= 15 is 0 Å². The third-order valence-electron chi connectivity index (χ3n) is 5.63. The Morgan fingerprint density at radius 3 is 2.53 bits per heavy atom. The van der Waals surface area contributed by atoms with E-state index in [1.165, 1.54) is 10.4 Å². The number of carbonyl (C=O) groups excluding carboxylic acids is 2. The first-order valence-electron chi connectivity index (χ1n) is 10.8. The van der Waals surface area contributed by atoms with Crippen molar-refractivity contribution in [1.29, 1.82) is 0 Å². The Balaban J connectivity index is 1.45. The monoisotopic (exact) mass is 484 g/mol. The summed E-state index contributed by atoms with van der Waals surface area (Å²) in [5, 5.41) is 9.12. The van der Waals surface area contributed by atoms with E-state index in [4.69, 9.17) is 4.74 Å². The van der Waals surface area contributed by atoms with Crippen molar-refractivity contribution in [2.45, 2.75) is 31.1 Å². The van der Waals surface area contributed by atoms with Crippen molar-refractivity contribution in [3.05, 3.63) is 64.1 Å². The van der Waals surface area contributed by atoms with Gasteiger partial charge in [0, 0.05) is 24.2 Å². The van der Waals surface area contributed by atoms with Crippen LogP contribution in [0, 0.1) is 6.92 Å². The number of fused-ring (bicyclic) bond motifs is 1. The van der Waals surface area contributed by atoms with Crippen molar-refractivity contribution in [1.82, 2.24) is 14.5 Å². The molecule has 1 aliphatic rings. The van der Waals surface area contributed by atoms with Crippen LogP contribution in [0.3, 0.4) is 0 Å². The lowest BCUT2D eigenvalue weighted by Gasteiger charge is -2.26. The van der Waals surface area contributed by atoms with Gasteiger partial charge in [-0.05, 0) is 43.5 Å². The molecule has 1 amide bonds. The molecule has 34 heavy (non-hydrogen) atoms. The standard InChI is InChI=1S/C23H24N4O6S/c1-15-9-10-16(13-19(15)34(31,32)27-11-5-2-6-12-27)24-20(28)14-33-23(30)21-17-7-3-4-8-18(17)22(29)26-25-21/h3-4,7-10,13H,2,5-6,11-12,14H2,1H3,(H,24,28)(H,26,29). The molecule has 2 aromatic carbocycles. The molecule has 0 unspecified atom stereocenters. The number of piperidine rings is 1. The highest BCUT2D eigenvalue weighted by Gasteiger charge is 2.27. The highest BCUT2D eigenvalue weighted by atomic mass is 32.2. The Kier molecular flexibility index (Phi) is 6.75. The molecule has 4 rings (SSSR count). The maximum Gasteiger partial charge on any atom is 0.359 e. The quantitative estimate of drug-likeness (QED) is 0.512. The summed E-state index contributed by atoms with van der Waals surface area (Å²) in [6.45, 7) is 2.03. The summed E-state index contributed by atoms with van der Waals surface area (Å²) in [7, 11) is -3.68. The molecule has 0 spiro atoms. The predicted molar refractivity (Wildman–Crippen MR) is 125 cm³/mol. The number of nitrogens with one attached hydrogen (secondary N) is 2. The highest BCUT2D eigenvalue weighted by molar-refractivity contribution is 7.89. The van der Waals surface area contributed by atoms with Crippen LogP contribution in [-0.4, -0.2) is 54.5 Å². The van der Waals surface area contributed by atoms with Gasteiger partial charge in [0.05, 0.1) is 10.3 Å². The molecule has 10 nitrogen and oxygen atoms in total. The van der Waals surface area contributed by atoms with Gasteiger partial charge in [0.2, 0.25) is 10.0 Å². The minimum Gasteiger partial charge on any atom is -0.451 e. The summed E-state index contributed by atoms with van der Waals surface area (Å²) in [4.78, 5) is 36.8. The van der Waals surface area contributed by atoms with E-state index in [0.29, 0.717) is 24.0 Å². The number of nitrogens with zero attached hydrogens (tertiary/aromatic N) is 2. The minimum atomic E-state index is -3.68. The van der Waals surface area contributed by atoms with Crippen LogP contribution in [0.15, 0.2) is 52.2 Å². The number of sulfonamides is 1. The number of anilines is 1. The Hall–Kier alpha value is -3.57. The van der Waals surface area contributed by atoms with Crippen LogP contribution < -0.4 is 10.9 Å². The summed E-state index contributed by atoms with van der Waals surface area (Å²) in [5.41, 5.74) is 0.286. The zero-order valence-electron chi connectivity index (χ0n) is 18.5. The molecule has 11 heteroatoms. The fourth-order valence-electron chi connectivity index (χ4n) is 3.87. The van der Waals surface area contributed by atoms with Gasteiger partial charge in [-0.15, -0.1) is 0 Å². The molecule has 0 radical (unpaired) electrons. The van der Waals surface area contributed by atoms with Crippen molar-refractivity contribution in [2.24, 2.45) is 0 Å². The van der Waals surface area contributed by atoms with Crippen LogP contribution in [0.25, 0.3) is 10.8 Å². The number of benzene rings is 2. The zero-order chi connectivity index (χ0) is 24.3. The average Bonchev–Trinajstić information content (AvgIpc) is 2.84. The Labute approximate surface area is 196 Å². The third kappa shape index (κ3) is 4.85. The van der Waals surface area contributed by atoms with Crippen LogP contribution in [0.5, 0.6) is 0 Å². The van der Waals surface area contributed by atoms with Crippen molar-refractivity contribution >= 4 is 38.4 Å². The first-order chi connectivity index (χ1) is 16.3. The maximum atomic E-state index is 13.1. The zero-order valence-corrected chi connectivity index (χ0v) is 19.4. The summed E-state index contributed by atoms with van der Waals surface area (Å²) < 4.78 is 32.7. The average molecular weight is 485 g/mol. The Morgan fingerprint density at radius 1 is 1.09 bits per heavy atom. The molecular weight excluding hydrogens is 460 g/mol. The lowest BCUT2D eigenvalue weighted by molar-refractivity contribution is -0.119. The minimum absolute atomic E-state index is 0.117. The smallest absolute Gasteiger partial charge is 0.359 e. The van der Waals surface area contributed by atoms with Crippen LogP contribution in [0.1, 0.15) is 35.3 Å². The number of H-pyrrole nitrogens is 1. The number of hydrogen-bond donors (Lipinski definition) is 2. The predicted octanol–water partition coefficient (Wildman–Crippen LogP) is 2.20. The number of aromatic amines is 1. The second-order valence-corrected chi connectivity index (χ2v) is 9.92. The normalized spacial score (nSPS) is 14.6. The summed E-state index contributed by atoms with van der Waals surface area (Å²) in [6, 6.07) is 11.0. The SMILES string of the molecule is Cc1ccc(NC(=O)COC(=O)c2n[nH]c(=O)c3ccccc23)cc1S(=O)(=O)N1CCCCC1. The molecule has 2 heterocycles. The molecular formula is C23H24N4O6S. The van der Waals surface area contributed by atoms with Gasteiger partial charge in [0.15, 0.2) is 12.3 Å². The number of carbonyl (C=O) groups is 2. The highest BCUT2D eigenvalue weighted by Crippen LogP contribution is 2.26. The molecule has 0 saturated carbocycles. The molecule has 178 valence electrons. The molecule has 1 aromatic heterocycles. The number of aryl methyl sites for hydroxylation is 1. The topological polar surface area (TPSA) is 139 Å². The van der Waals surface area contributed by atoms with Gasteiger partial charge in [0.25, 0.3) is 11.5 Å². The third-order valence-corrected chi connectivity index (χ3v) is 7.67. The molecule has 1 saturated heterocycles. The maximum absolute atomic E-state index is 13.1. The molecule has 0 atom stereocenters. The largest absolute Gasteiger partial charge is 0.451 e. The van der Waals surface area contributed by atoms with Crippen molar-refractivity contribution < 1.29 is 22.7 Å². The first kappa shape index (κ1) is 23.6. The molecule has 0 aliphatic carbocycles. The number of ether oxygens (including phenoxy) is 1. The van der Waals surface area contributed by atoms with E-state index < -0.39 is 34.1 Å². The fraction of sp³-hybridized carbons (Fsp3) is 0.304. The number of aromatic nitrogens is 2. The Morgan fingerprint density at radius 2 is 1.79 bits per heavy atom. The van der Waals surface area contributed by atoms with Gasteiger partial charge < -0.3 is 10.1 Å². The van der Waals surface area contributed by atoms with Crippen LogP contribution in [0.2, 0.25) is 0 Å². The van der Waals surface area contributed by atoms with Crippen molar-refractivity contribution in [3.8, 4) is 0 Å². The van der Waals surface area contributed by atoms with E-state index in [2.05, 4.69) is 15.5 Å². The van der Waals surface area contributed by atoms with Gasteiger partial charge in [0.1, 0.15) is 0 Å². The van der Waals surface area contributed by atoms with Crippen LogP contribution in [0.4, 0.5) is 5.69 Å². The van der Waals surface area contributed by atoms with Gasteiger partial charge in [-0.3, -0.25) is 9.59 Å². The fourth-order valence-corrected chi connectivity index (χ4v) is 5.63. The lowest BCUT2D eigenvalue weighted by Crippen LogP contribution is -2.36. The van der Waals surface area contributed by atoms with E-state index in [1.54, 1.807) is 43.3 Å². The number of amides is 1. The molecule has 3 aromatic rings. The van der Waals surface area contributed by atoms with E-state index in [1.807, 2.05) is 0 Å². The molecule has 1 fully saturated rings.